The summed E-state index contributed by atoms with van der Waals surface area (Å²) in [5, 5.41) is 12.4. The number of hydrogen-bond acceptors (Lipinski definition) is 3. The van der Waals surface area contributed by atoms with Crippen molar-refractivity contribution >= 4 is 11.6 Å². The number of rotatable bonds is 4. The fourth-order valence-corrected chi connectivity index (χ4v) is 1.87. The summed E-state index contributed by atoms with van der Waals surface area (Å²) in [4.78, 5) is 11.1. The average molecular weight is 274 g/mol. The monoisotopic (exact) mass is 274 g/mol. The van der Waals surface area contributed by atoms with Crippen LogP contribution in [0.25, 0.3) is 0 Å². The summed E-state index contributed by atoms with van der Waals surface area (Å²) in [5.41, 5.74) is 7.04. The first kappa shape index (κ1) is 13.9. The Labute approximate surface area is 116 Å². The molecule has 2 aromatic rings. The fraction of sp³-hybridized carbons (Fsp3) is 0.133. The second-order valence-corrected chi connectivity index (χ2v) is 4.52. The van der Waals surface area contributed by atoms with Crippen LogP contribution in [0, 0.1) is 12.7 Å². The van der Waals surface area contributed by atoms with Gasteiger partial charge in [-0.1, -0.05) is 12.1 Å². The van der Waals surface area contributed by atoms with Gasteiger partial charge in [-0.25, -0.2) is 4.39 Å². The molecule has 0 saturated heterocycles. The predicted molar refractivity (Wildman–Crippen MR) is 75.1 cm³/mol. The molecule has 0 aliphatic carbocycles. The van der Waals surface area contributed by atoms with E-state index in [2.05, 4.69) is 5.32 Å². The largest absolute Gasteiger partial charge is 0.508 e. The average Bonchev–Trinajstić information content (AvgIpc) is 2.40. The normalized spacial score (nSPS) is 10.3. The molecule has 20 heavy (non-hydrogen) atoms. The van der Waals surface area contributed by atoms with Gasteiger partial charge in [-0.2, -0.15) is 0 Å². The maximum atomic E-state index is 13.7. The van der Waals surface area contributed by atoms with Crippen LogP contribution in [0.2, 0.25) is 0 Å². The van der Waals surface area contributed by atoms with Crippen molar-refractivity contribution in [1.29, 1.82) is 0 Å². The maximum absolute atomic E-state index is 13.7. The minimum Gasteiger partial charge on any atom is -0.508 e. The molecule has 0 radical (unpaired) electrons. The number of phenolic OH excluding ortho intramolecular Hbond substituents is 1. The minimum atomic E-state index is -0.677. The summed E-state index contributed by atoms with van der Waals surface area (Å²) >= 11 is 0. The number of halogens is 1. The maximum Gasteiger partial charge on any atom is 0.248 e. The zero-order valence-electron chi connectivity index (χ0n) is 11.0. The lowest BCUT2D eigenvalue weighted by molar-refractivity contribution is 0.1000. The molecule has 2 rings (SSSR count). The van der Waals surface area contributed by atoms with Crippen LogP contribution in [-0.2, 0) is 6.54 Å². The third-order valence-electron chi connectivity index (χ3n) is 3.02. The highest BCUT2D eigenvalue weighted by atomic mass is 19.1. The van der Waals surface area contributed by atoms with Crippen molar-refractivity contribution in [3.63, 3.8) is 0 Å². The van der Waals surface area contributed by atoms with E-state index in [1.165, 1.54) is 6.07 Å². The Morgan fingerprint density at radius 3 is 2.75 bits per heavy atom. The van der Waals surface area contributed by atoms with E-state index in [-0.39, 0.29) is 11.3 Å². The molecule has 0 spiro atoms. The number of nitrogens with one attached hydrogen (secondary N) is 1. The summed E-state index contributed by atoms with van der Waals surface area (Å²) in [6.45, 7) is 2.02. The molecular formula is C15H15FN2O2. The van der Waals surface area contributed by atoms with Crippen LogP contribution in [-0.4, -0.2) is 11.0 Å². The van der Waals surface area contributed by atoms with Gasteiger partial charge in [-0.05, 0) is 36.8 Å². The van der Waals surface area contributed by atoms with Gasteiger partial charge < -0.3 is 16.2 Å². The van der Waals surface area contributed by atoms with E-state index in [0.29, 0.717) is 17.8 Å². The van der Waals surface area contributed by atoms with E-state index in [9.17, 15) is 14.3 Å². The molecule has 0 aliphatic rings. The van der Waals surface area contributed by atoms with Crippen LogP contribution in [0.1, 0.15) is 21.5 Å². The number of carbonyl (C=O) groups excluding carboxylic acids is 1. The lowest BCUT2D eigenvalue weighted by Gasteiger charge is -2.12. The standard InChI is InChI=1S/C15H15FN2O2/c1-9-13(16)6-11(15(17)20)7-14(9)18-8-10-3-2-4-12(19)5-10/h2-7,18-19H,8H2,1H3,(H2,17,20). The van der Waals surface area contributed by atoms with E-state index in [4.69, 9.17) is 5.73 Å². The fourth-order valence-electron chi connectivity index (χ4n) is 1.87. The minimum absolute atomic E-state index is 0.117. The van der Waals surface area contributed by atoms with Gasteiger partial charge in [0.2, 0.25) is 5.91 Å². The summed E-state index contributed by atoms with van der Waals surface area (Å²) in [7, 11) is 0. The molecule has 0 heterocycles. The third kappa shape index (κ3) is 3.06. The zero-order chi connectivity index (χ0) is 14.7. The molecule has 0 saturated carbocycles. The lowest BCUT2D eigenvalue weighted by Crippen LogP contribution is -2.13. The zero-order valence-corrected chi connectivity index (χ0v) is 11.0. The van der Waals surface area contributed by atoms with Gasteiger partial charge >= 0.3 is 0 Å². The smallest absolute Gasteiger partial charge is 0.248 e. The number of hydrogen-bond donors (Lipinski definition) is 3. The van der Waals surface area contributed by atoms with Crippen molar-refractivity contribution < 1.29 is 14.3 Å². The number of aromatic hydroxyl groups is 1. The molecule has 0 atom stereocenters. The molecule has 0 bridgehead atoms. The Kier molecular flexibility index (Phi) is 3.89. The highest BCUT2D eigenvalue weighted by molar-refractivity contribution is 5.94. The number of anilines is 1. The SMILES string of the molecule is Cc1c(F)cc(C(N)=O)cc1NCc1cccc(O)c1. The highest BCUT2D eigenvalue weighted by Gasteiger charge is 2.10. The van der Waals surface area contributed by atoms with Gasteiger partial charge in [0.15, 0.2) is 0 Å². The van der Waals surface area contributed by atoms with Crippen LogP contribution in [0.5, 0.6) is 5.75 Å². The molecule has 0 unspecified atom stereocenters. The Morgan fingerprint density at radius 1 is 1.35 bits per heavy atom. The summed E-state index contributed by atoms with van der Waals surface area (Å²) in [6.07, 6.45) is 0. The number of phenols is 1. The van der Waals surface area contributed by atoms with Crippen LogP contribution < -0.4 is 11.1 Å². The molecule has 5 heteroatoms. The molecule has 0 fully saturated rings. The van der Waals surface area contributed by atoms with Crippen molar-refractivity contribution in [2.24, 2.45) is 5.73 Å². The van der Waals surface area contributed by atoms with Crippen molar-refractivity contribution in [2.45, 2.75) is 13.5 Å². The Bertz CT molecular complexity index is 656. The van der Waals surface area contributed by atoms with E-state index in [0.717, 1.165) is 11.6 Å². The van der Waals surface area contributed by atoms with E-state index in [1.807, 2.05) is 6.07 Å². The number of benzene rings is 2. The quantitative estimate of drug-likeness (QED) is 0.802. The molecule has 0 aliphatic heterocycles. The van der Waals surface area contributed by atoms with Crippen molar-refractivity contribution in [1.82, 2.24) is 0 Å². The van der Waals surface area contributed by atoms with Gasteiger partial charge in [-0.15, -0.1) is 0 Å². The van der Waals surface area contributed by atoms with Gasteiger partial charge in [0, 0.05) is 23.4 Å². The topological polar surface area (TPSA) is 75.4 Å². The lowest BCUT2D eigenvalue weighted by atomic mass is 10.1. The van der Waals surface area contributed by atoms with Gasteiger partial charge in [0.1, 0.15) is 11.6 Å². The molecular weight excluding hydrogens is 259 g/mol. The number of primary amides is 1. The second kappa shape index (κ2) is 5.61. The van der Waals surface area contributed by atoms with Crippen molar-refractivity contribution in [2.75, 3.05) is 5.32 Å². The van der Waals surface area contributed by atoms with Crippen molar-refractivity contribution in [3.8, 4) is 5.75 Å². The molecule has 1 amide bonds. The summed E-state index contributed by atoms with van der Waals surface area (Å²) in [5.74, 6) is -0.998. The first-order chi connectivity index (χ1) is 9.47. The van der Waals surface area contributed by atoms with Crippen LogP contribution in [0.3, 0.4) is 0 Å². The van der Waals surface area contributed by atoms with Crippen molar-refractivity contribution in [3.05, 3.63) is 58.9 Å². The molecule has 0 aromatic heterocycles. The molecule has 4 nitrogen and oxygen atoms in total. The Hall–Kier alpha value is -2.56. The molecule has 2 aromatic carbocycles. The van der Waals surface area contributed by atoms with Crippen LogP contribution >= 0.6 is 0 Å². The van der Waals surface area contributed by atoms with Crippen LogP contribution in [0.4, 0.5) is 10.1 Å². The van der Waals surface area contributed by atoms with E-state index in [1.54, 1.807) is 25.1 Å². The van der Waals surface area contributed by atoms with Crippen LogP contribution in [0.15, 0.2) is 36.4 Å². The summed E-state index contributed by atoms with van der Waals surface area (Å²) in [6, 6.07) is 9.37. The summed E-state index contributed by atoms with van der Waals surface area (Å²) < 4.78 is 13.7. The highest BCUT2D eigenvalue weighted by Crippen LogP contribution is 2.22. The van der Waals surface area contributed by atoms with Gasteiger partial charge in [-0.3, -0.25) is 4.79 Å². The van der Waals surface area contributed by atoms with Gasteiger partial charge in [0.25, 0.3) is 0 Å². The third-order valence-corrected chi connectivity index (χ3v) is 3.02. The van der Waals surface area contributed by atoms with Gasteiger partial charge in [0.05, 0.1) is 0 Å². The van der Waals surface area contributed by atoms with E-state index < -0.39 is 11.7 Å². The Morgan fingerprint density at radius 2 is 2.10 bits per heavy atom. The predicted octanol–water partition coefficient (Wildman–Crippen LogP) is 2.55. The number of amides is 1. The Balaban J connectivity index is 2.23. The first-order valence-electron chi connectivity index (χ1n) is 6.09. The number of carbonyl (C=O) groups is 1. The molecule has 104 valence electrons. The van der Waals surface area contributed by atoms with E-state index >= 15 is 0 Å². The molecule has 4 N–H and O–H groups in total. The first-order valence-corrected chi connectivity index (χ1v) is 6.09. The second-order valence-electron chi connectivity index (χ2n) is 4.52. The number of nitrogens with two attached hydrogens (primary N) is 1.